The van der Waals surface area contributed by atoms with Crippen molar-refractivity contribution in [2.24, 2.45) is 5.10 Å². The van der Waals surface area contributed by atoms with Crippen molar-refractivity contribution in [3.05, 3.63) is 119 Å². The summed E-state index contributed by atoms with van der Waals surface area (Å²) in [6, 6.07) is 29.0. The third-order valence-corrected chi connectivity index (χ3v) is 5.60. The van der Waals surface area contributed by atoms with Gasteiger partial charge < -0.3 is 8.98 Å². The van der Waals surface area contributed by atoms with Gasteiger partial charge in [0, 0.05) is 39.8 Å². The molecule has 0 atom stereocenters. The highest BCUT2D eigenvalue weighted by atomic mass is 35.5. The van der Waals surface area contributed by atoms with E-state index in [0.717, 1.165) is 28.6 Å². The second-order valence-electron chi connectivity index (χ2n) is 7.59. The van der Waals surface area contributed by atoms with E-state index in [0.29, 0.717) is 10.8 Å². The molecule has 0 spiro atoms. The molecule has 33 heavy (non-hydrogen) atoms. The van der Waals surface area contributed by atoms with Crippen LogP contribution in [0.5, 0.6) is 0 Å². The molecule has 6 heteroatoms. The van der Waals surface area contributed by atoms with E-state index >= 15 is 0 Å². The van der Waals surface area contributed by atoms with Crippen molar-refractivity contribution in [2.75, 3.05) is 0 Å². The van der Waals surface area contributed by atoms with Gasteiger partial charge >= 0.3 is 5.91 Å². The van der Waals surface area contributed by atoms with Crippen molar-refractivity contribution in [1.82, 2.24) is 9.99 Å². The number of halogens is 1. The molecule has 0 aliphatic rings. The Kier molecular flexibility index (Phi) is 5.79. The van der Waals surface area contributed by atoms with E-state index < -0.39 is 5.91 Å². The number of furan rings is 1. The van der Waals surface area contributed by atoms with Gasteiger partial charge in [0.05, 0.1) is 6.21 Å². The minimum absolute atomic E-state index is 0.184. The number of para-hydroxylation sites is 1. The van der Waals surface area contributed by atoms with Gasteiger partial charge in [-0.15, -0.1) is 0 Å². The number of aromatic nitrogens is 1. The van der Waals surface area contributed by atoms with Gasteiger partial charge in [-0.3, -0.25) is 4.79 Å². The molecule has 2 heterocycles. The Morgan fingerprint density at radius 1 is 0.939 bits per heavy atom. The lowest BCUT2D eigenvalue weighted by Gasteiger charge is -2.05. The number of rotatable bonds is 6. The second kappa shape index (κ2) is 9.18. The van der Waals surface area contributed by atoms with Crippen LogP contribution in [-0.4, -0.2) is 16.7 Å². The molecule has 0 fully saturated rings. The molecule has 0 saturated carbocycles. The minimum atomic E-state index is -0.417. The molecule has 0 aliphatic heterocycles. The largest absolute Gasteiger partial charge is 0.451 e. The summed E-state index contributed by atoms with van der Waals surface area (Å²) in [6.07, 6.45) is 3.70. The molecule has 5 nitrogen and oxygen atoms in total. The highest BCUT2D eigenvalue weighted by Gasteiger charge is 2.12. The molecule has 162 valence electrons. The summed E-state index contributed by atoms with van der Waals surface area (Å²) in [4.78, 5) is 12.5. The highest BCUT2D eigenvalue weighted by Crippen LogP contribution is 2.24. The number of hydrogen-bond donors (Lipinski definition) is 1. The number of carbonyl (C=O) groups is 1. The Morgan fingerprint density at radius 3 is 2.52 bits per heavy atom. The maximum atomic E-state index is 12.5. The van der Waals surface area contributed by atoms with Crippen molar-refractivity contribution < 1.29 is 9.21 Å². The predicted molar refractivity (Wildman–Crippen MR) is 132 cm³/mol. The Bertz CT molecular complexity index is 1430. The molecule has 0 radical (unpaired) electrons. The SMILES string of the molecule is O=C(N/N=C/c1cn(Cc2ccccc2)c2ccccc12)c1ccc(-c2ccc(Cl)cc2)o1. The summed E-state index contributed by atoms with van der Waals surface area (Å²) in [5.41, 5.74) is 6.63. The average molecular weight is 454 g/mol. The lowest BCUT2D eigenvalue weighted by atomic mass is 10.2. The zero-order valence-electron chi connectivity index (χ0n) is 17.6. The first-order valence-corrected chi connectivity index (χ1v) is 10.9. The lowest BCUT2D eigenvalue weighted by molar-refractivity contribution is 0.0928. The number of benzene rings is 3. The Hall–Kier alpha value is -4.09. The Balaban J connectivity index is 1.32. The topological polar surface area (TPSA) is 59.5 Å². The summed E-state index contributed by atoms with van der Waals surface area (Å²) in [5, 5.41) is 5.87. The third kappa shape index (κ3) is 4.59. The molecule has 1 amide bonds. The normalized spacial score (nSPS) is 11.3. The van der Waals surface area contributed by atoms with Gasteiger partial charge in [-0.25, -0.2) is 5.43 Å². The van der Waals surface area contributed by atoms with Crippen LogP contribution in [0.3, 0.4) is 0 Å². The van der Waals surface area contributed by atoms with E-state index in [2.05, 4.69) is 33.3 Å². The molecule has 3 aromatic carbocycles. The molecule has 0 saturated heterocycles. The second-order valence-corrected chi connectivity index (χ2v) is 8.02. The molecule has 0 aliphatic carbocycles. The van der Waals surface area contributed by atoms with Crippen LogP contribution >= 0.6 is 11.6 Å². The molecule has 0 bridgehead atoms. The quantitative estimate of drug-likeness (QED) is 0.240. The summed E-state index contributed by atoms with van der Waals surface area (Å²) in [7, 11) is 0. The standard InChI is InChI=1S/C27H20ClN3O2/c28-22-12-10-20(11-13-22)25-14-15-26(33-25)27(32)30-29-16-21-18-31(17-19-6-2-1-3-7-19)24-9-5-4-8-23(21)24/h1-16,18H,17H2,(H,30,32)/b29-16+. The monoisotopic (exact) mass is 453 g/mol. The van der Waals surface area contributed by atoms with Gasteiger partial charge in [-0.1, -0.05) is 60.1 Å². The fraction of sp³-hybridized carbons (Fsp3) is 0.0370. The van der Waals surface area contributed by atoms with Crippen molar-refractivity contribution in [2.45, 2.75) is 6.54 Å². The highest BCUT2D eigenvalue weighted by molar-refractivity contribution is 6.30. The number of carbonyl (C=O) groups excluding carboxylic acids is 1. The summed E-state index contributed by atoms with van der Waals surface area (Å²) >= 11 is 5.93. The molecular formula is C27H20ClN3O2. The first-order chi connectivity index (χ1) is 16.2. The smallest absolute Gasteiger partial charge is 0.307 e. The predicted octanol–water partition coefficient (Wildman–Crippen LogP) is 6.37. The molecule has 1 N–H and O–H groups in total. The zero-order valence-corrected chi connectivity index (χ0v) is 18.4. The number of nitrogens with zero attached hydrogens (tertiary/aromatic N) is 2. The van der Waals surface area contributed by atoms with Crippen LogP contribution in [0.25, 0.3) is 22.2 Å². The number of amides is 1. The van der Waals surface area contributed by atoms with Gasteiger partial charge in [0.2, 0.25) is 0 Å². The summed E-state index contributed by atoms with van der Waals surface area (Å²) < 4.78 is 7.86. The molecule has 5 rings (SSSR count). The van der Waals surface area contributed by atoms with Crippen LogP contribution in [0.1, 0.15) is 21.7 Å². The minimum Gasteiger partial charge on any atom is -0.451 e. The fourth-order valence-corrected chi connectivity index (χ4v) is 3.86. The molecule has 0 unspecified atom stereocenters. The third-order valence-electron chi connectivity index (χ3n) is 5.34. The van der Waals surface area contributed by atoms with Crippen LogP contribution in [0, 0.1) is 0 Å². The summed E-state index contributed by atoms with van der Waals surface area (Å²) in [6.45, 7) is 0.751. The van der Waals surface area contributed by atoms with E-state index in [1.54, 1.807) is 30.5 Å². The molecule has 2 aromatic heterocycles. The first kappa shape index (κ1) is 20.8. The number of fused-ring (bicyclic) bond motifs is 1. The van der Waals surface area contributed by atoms with Gasteiger partial charge in [-0.05, 0) is 48.0 Å². The van der Waals surface area contributed by atoms with Crippen molar-refractivity contribution in [1.29, 1.82) is 0 Å². The van der Waals surface area contributed by atoms with Crippen molar-refractivity contribution in [3.8, 4) is 11.3 Å². The van der Waals surface area contributed by atoms with Crippen LogP contribution in [0.15, 0.2) is 107 Å². The van der Waals surface area contributed by atoms with Crippen LogP contribution in [0.4, 0.5) is 0 Å². The van der Waals surface area contributed by atoms with E-state index in [4.69, 9.17) is 16.0 Å². The van der Waals surface area contributed by atoms with Crippen LogP contribution in [0.2, 0.25) is 5.02 Å². The zero-order chi connectivity index (χ0) is 22.6. The van der Waals surface area contributed by atoms with Crippen molar-refractivity contribution in [3.63, 3.8) is 0 Å². The van der Waals surface area contributed by atoms with Gasteiger partial charge in [-0.2, -0.15) is 5.10 Å². The molecule has 5 aromatic rings. The average Bonchev–Trinajstić information content (AvgIpc) is 3.47. The Labute approximate surface area is 195 Å². The fourth-order valence-electron chi connectivity index (χ4n) is 3.73. The number of nitrogens with one attached hydrogen (secondary N) is 1. The summed E-state index contributed by atoms with van der Waals surface area (Å²) in [5.74, 6) is 0.355. The van der Waals surface area contributed by atoms with Gasteiger partial charge in [0.15, 0.2) is 5.76 Å². The van der Waals surface area contributed by atoms with Gasteiger partial charge in [0.1, 0.15) is 5.76 Å². The maximum Gasteiger partial charge on any atom is 0.307 e. The van der Waals surface area contributed by atoms with Gasteiger partial charge in [0.25, 0.3) is 0 Å². The number of hydrazone groups is 1. The number of hydrogen-bond acceptors (Lipinski definition) is 3. The van der Waals surface area contributed by atoms with Crippen LogP contribution < -0.4 is 5.43 Å². The van der Waals surface area contributed by atoms with Crippen molar-refractivity contribution >= 4 is 34.6 Å². The first-order valence-electron chi connectivity index (χ1n) is 10.5. The van der Waals surface area contributed by atoms with E-state index in [9.17, 15) is 4.79 Å². The Morgan fingerprint density at radius 2 is 1.70 bits per heavy atom. The van der Waals surface area contributed by atoms with E-state index in [1.807, 2.05) is 54.7 Å². The van der Waals surface area contributed by atoms with E-state index in [1.165, 1.54) is 5.56 Å². The van der Waals surface area contributed by atoms with E-state index in [-0.39, 0.29) is 5.76 Å². The lowest BCUT2D eigenvalue weighted by Crippen LogP contribution is -2.16. The molecular weight excluding hydrogens is 434 g/mol. The maximum absolute atomic E-state index is 12.5. The van der Waals surface area contributed by atoms with Crippen LogP contribution in [-0.2, 0) is 6.54 Å².